The minimum absolute atomic E-state index is 0.0430. The maximum atomic E-state index is 12.4. The van der Waals surface area contributed by atoms with Crippen LogP contribution in [0.15, 0.2) is 85.0 Å². The molecule has 2 atom stereocenters. The molecule has 0 fully saturated rings. The Kier molecular flexibility index (Phi) is 9.23. The van der Waals surface area contributed by atoms with Crippen LogP contribution in [-0.4, -0.2) is 23.5 Å². The van der Waals surface area contributed by atoms with Crippen molar-refractivity contribution in [3.8, 4) is 0 Å². The SMILES string of the molecule is C/C=C\COC(=O)C[C@H](/C=C/C)N(Cc1ccccc1)[C@@H](C)c1ccccc1. The second kappa shape index (κ2) is 11.9. The predicted molar refractivity (Wildman–Crippen MR) is 116 cm³/mol. The molecule has 0 aliphatic carbocycles. The first-order valence-electron chi connectivity index (χ1n) is 9.90. The zero-order valence-corrected chi connectivity index (χ0v) is 17.1. The normalized spacial score (nSPS) is 13.9. The van der Waals surface area contributed by atoms with Crippen LogP contribution in [0.2, 0.25) is 0 Å². The molecule has 0 aliphatic rings. The zero-order chi connectivity index (χ0) is 20.2. The minimum atomic E-state index is -0.181. The van der Waals surface area contributed by atoms with Gasteiger partial charge in [-0.15, -0.1) is 0 Å². The molecule has 0 saturated heterocycles. The molecule has 0 unspecified atom stereocenters. The van der Waals surface area contributed by atoms with Crippen molar-refractivity contribution in [2.24, 2.45) is 0 Å². The van der Waals surface area contributed by atoms with Crippen LogP contribution in [0.25, 0.3) is 0 Å². The van der Waals surface area contributed by atoms with E-state index in [1.165, 1.54) is 11.1 Å². The Hall–Kier alpha value is -2.65. The van der Waals surface area contributed by atoms with Crippen LogP contribution in [0.5, 0.6) is 0 Å². The van der Waals surface area contributed by atoms with Crippen molar-refractivity contribution < 1.29 is 9.53 Å². The fraction of sp³-hybridized carbons (Fsp3) is 0.320. The highest BCUT2D eigenvalue weighted by molar-refractivity contribution is 5.70. The van der Waals surface area contributed by atoms with Gasteiger partial charge in [0.2, 0.25) is 0 Å². The van der Waals surface area contributed by atoms with Crippen LogP contribution in [0.4, 0.5) is 0 Å². The summed E-state index contributed by atoms with van der Waals surface area (Å²) in [6.45, 7) is 7.18. The maximum Gasteiger partial charge on any atom is 0.308 e. The van der Waals surface area contributed by atoms with E-state index in [1.54, 1.807) is 0 Å². The first kappa shape index (κ1) is 21.6. The summed E-state index contributed by atoms with van der Waals surface area (Å²) in [6, 6.07) is 20.9. The summed E-state index contributed by atoms with van der Waals surface area (Å²) in [4.78, 5) is 14.8. The highest BCUT2D eigenvalue weighted by Crippen LogP contribution is 2.27. The summed E-state index contributed by atoms with van der Waals surface area (Å²) in [5, 5.41) is 0. The second-order valence-electron chi connectivity index (χ2n) is 6.79. The Labute approximate surface area is 169 Å². The van der Waals surface area contributed by atoms with E-state index in [9.17, 15) is 4.79 Å². The standard InChI is InChI=1S/C25H31NO2/c1-4-6-18-28-25(27)19-24(13-5-2)26(20-22-14-9-7-10-15-22)21(3)23-16-11-8-12-17-23/h4-17,21,24H,18-20H2,1-3H3/b6-4-,13-5+/t21-,24-/m0/s1. The smallest absolute Gasteiger partial charge is 0.308 e. The third kappa shape index (κ3) is 6.82. The van der Waals surface area contributed by atoms with Gasteiger partial charge in [-0.1, -0.05) is 85.0 Å². The fourth-order valence-corrected chi connectivity index (χ4v) is 3.24. The lowest BCUT2D eigenvalue weighted by Crippen LogP contribution is -2.37. The number of hydrogen-bond donors (Lipinski definition) is 0. The van der Waals surface area contributed by atoms with Gasteiger partial charge in [-0.05, 0) is 31.9 Å². The number of rotatable bonds is 10. The number of esters is 1. The number of hydrogen-bond acceptors (Lipinski definition) is 3. The van der Waals surface area contributed by atoms with E-state index in [0.29, 0.717) is 13.0 Å². The van der Waals surface area contributed by atoms with E-state index in [1.807, 2.05) is 44.2 Å². The van der Waals surface area contributed by atoms with E-state index in [0.717, 1.165) is 6.54 Å². The predicted octanol–water partition coefficient (Wildman–Crippen LogP) is 5.70. The molecule has 2 aromatic carbocycles. The average molecular weight is 378 g/mol. The van der Waals surface area contributed by atoms with Crippen molar-refractivity contribution >= 4 is 5.97 Å². The van der Waals surface area contributed by atoms with Gasteiger partial charge in [-0.25, -0.2) is 0 Å². The summed E-state index contributed by atoms with van der Waals surface area (Å²) in [5.74, 6) is -0.181. The largest absolute Gasteiger partial charge is 0.461 e. The van der Waals surface area contributed by atoms with Crippen LogP contribution >= 0.6 is 0 Å². The third-order valence-electron chi connectivity index (χ3n) is 4.78. The van der Waals surface area contributed by atoms with E-state index in [2.05, 4.69) is 66.4 Å². The number of carbonyl (C=O) groups is 1. The average Bonchev–Trinajstić information content (AvgIpc) is 2.73. The van der Waals surface area contributed by atoms with Crippen molar-refractivity contribution in [1.29, 1.82) is 0 Å². The molecule has 3 heteroatoms. The fourth-order valence-electron chi connectivity index (χ4n) is 3.24. The van der Waals surface area contributed by atoms with Crippen LogP contribution in [-0.2, 0) is 16.1 Å². The lowest BCUT2D eigenvalue weighted by Gasteiger charge is -2.35. The van der Waals surface area contributed by atoms with Crippen molar-refractivity contribution in [2.75, 3.05) is 6.61 Å². The highest BCUT2D eigenvalue weighted by atomic mass is 16.5. The molecule has 148 valence electrons. The van der Waals surface area contributed by atoms with Crippen molar-refractivity contribution in [3.05, 3.63) is 96.1 Å². The zero-order valence-electron chi connectivity index (χ0n) is 17.1. The van der Waals surface area contributed by atoms with Crippen LogP contribution in [0.3, 0.4) is 0 Å². The molecule has 2 aromatic rings. The topological polar surface area (TPSA) is 29.5 Å². The Morgan fingerprint density at radius 1 is 1.00 bits per heavy atom. The van der Waals surface area contributed by atoms with Crippen LogP contribution in [0.1, 0.15) is 44.4 Å². The van der Waals surface area contributed by atoms with Crippen molar-refractivity contribution in [3.63, 3.8) is 0 Å². The molecular formula is C25H31NO2. The van der Waals surface area contributed by atoms with E-state index >= 15 is 0 Å². The van der Waals surface area contributed by atoms with Gasteiger partial charge in [0.15, 0.2) is 0 Å². The van der Waals surface area contributed by atoms with Gasteiger partial charge in [0, 0.05) is 18.6 Å². The molecule has 0 aliphatic heterocycles. The lowest BCUT2D eigenvalue weighted by atomic mass is 10.0. The second-order valence-corrected chi connectivity index (χ2v) is 6.79. The van der Waals surface area contributed by atoms with Gasteiger partial charge < -0.3 is 4.74 Å². The molecule has 3 nitrogen and oxygen atoms in total. The number of carbonyl (C=O) groups excluding carboxylic acids is 1. The Balaban J connectivity index is 2.26. The monoisotopic (exact) mass is 377 g/mol. The van der Waals surface area contributed by atoms with Crippen molar-refractivity contribution in [1.82, 2.24) is 4.90 Å². The molecule has 0 bridgehead atoms. The van der Waals surface area contributed by atoms with E-state index in [-0.39, 0.29) is 18.1 Å². The first-order chi connectivity index (χ1) is 13.7. The molecule has 0 spiro atoms. The van der Waals surface area contributed by atoms with E-state index < -0.39 is 0 Å². The van der Waals surface area contributed by atoms with Gasteiger partial charge >= 0.3 is 5.97 Å². The molecule has 0 aromatic heterocycles. The Bertz CT molecular complexity index is 753. The van der Waals surface area contributed by atoms with Gasteiger partial charge in [0.25, 0.3) is 0 Å². The summed E-state index contributed by atoms with van der Waals surface area (Å²) in [7, 11) is 0. The molecule has 0 N–H and O–H groups in total. The molecule has 2 rings (SSSR count). The summed E-state index contributed by atoms with van der Waals surface area (Å²) < 4.78 is 5.36. The summed E-state index contributed by atoms with van der Waals surface area (Å²) >= 11 is 0. The number of benzene rings is 2. The van der Waals surface area contributed by atoms with Crippen molar-refractivity contribution in [2.45, 2.75) is 45.8 Å². The van der Waals surface area contributed by atoms with Gasteiger partial charge in [-0.3, -0.25) is 9.69 Å². The number of allylic oxidation sites excluding steroid dienone is 2. The van der Waals surface area contributed by atoms with Crippen LogP contribution in [0, 0.1) is 0 Å². The molecule has 28 heavy (non-hydrogen) atoms. The first-order valence-corrected chi connectivity index (χ1v) is 9.90. The lowest BCUT2D eigenvalue weighted by molar-refractivity contribution is -0.143. The Morgan fingerprint density at radius 2 is 1.64 bits per heavy atom. The minimum Gasteiger partial charge on any atom is -0.461 e. The molecule has 0 heterocycles. The maximum absolute atomic E-state index is 12.4. The molecule has 0 radical (unpaired) electrons. The number of nitrogens with zero attached hydrogens (tertiary/aromatic N) is 1. The van der Waals surface area contributed by atoms with Gasteiger partial charge in [0.05, 0.1) is 6.42 Å². The quantitative estimate of drug-likeness (QED) is 0.393. The Morgan fingerprint density at radius 3 is 2.25 bits per heavy atom. The molecule has 0 amide bonds. The number of ether oxygens (including phenoxy) is 1. The van der Waals surface area contributed by atoms with Gasteiger partial charge in [0.1, 0.15) is 6.61 Å². The summed E-state index contributed by atoms with van der Waals surface area (Å²) in [5.41, 5.74) is 2.46. The summed E-state index contributed by atoms with van der Waals surface area (Å²) in [6.07, 6.45) is 8.16. The highest BCUT2D eigenvalue weighted by Gasteiger charge is 2.25. The van der Waals surface area contributed by atoms with Crippen LogP contribution < -0.4 is 0 Å². The molecular weight excluding hydrogens is 346 g/mol. The van der Waals surface area contributed by atoms with Gasteiger partial charge in [-0.2, -0.15) is 0 Å². The van der Waals surface area contributed by atoms with E-state index in [4.69, 9.17) is 4.74 Å². The third-order valence-corrected chi connectivity index (χ3v) is 4.78. The molecule has 0 saturated carbocycles.